The number of carboxylic acid groups (broad SMARTS) is 1. The number of nitrogens with zero attached hydrogens (tertiary/aromatic N) is 2. The van der Waals surface area contributed by atoms with E-state index in [1.807, 2.05) is 24.3 Å². The summed E-state index contributed by atoms with van der Waals surface area (Å²) in [6.07, 6.45) is 1.56. The van der Waals surface area contributed by atoms with Gasteiger partial charge in [-0.25, -0.2) is 9.78 Å². The van der Waals surface area contributed by atoms with Crippen molar-refractivity contribution in [2.45, 2.75) is 13.0 Å². The van der Waals surface area contributed by atoms with Gasteiger partial charge in [-0.05, 0) is 19.1 Å². The van der Waals surface area contributed by atoms with E-state index in [0.717, 1.165) is 11.0 Å². The van der Waals surface area contributed by atoms with Crippen LogP contribution < -0.4 is 0 Å². The lowest BCUT2D eigenvalue weighted by molar-refractivity contribution is -0.140. The highest BCUT2D eigenvalue weighted by Gasteiger charge is 2.14. The number of carbonyl (C=O) groups is 1. The standard InChI is InChI=1S/C10H10N2O2/c1-7(10(13)14)12-6-11-8-4-2-3-5-9(8)12/h2-7H,1H3,(H,13,14). The van der Waals surface area contributed by atoms with Gasteiger partial charge in [-0.15, -0.1) is 0 Å². The number of hydrogen-bond donors (Lipinski definition) is 1. The molecule has 0 saturated heterocycles. The Kier molecular flexibility index (Phi) is 1.96. The highest BCUT2D eigenvalue weighted by atomic mass is 16.4. The summed E-state index contributed by atoms with van der Waals surface area (Å²) in [6.45, 7) is 1.64. The summed E-state index contributed by atoms with van der Waals surface area (Å²) < 4.78 is 1.65. The molecular weight excluding hydrogens is 180 g/mol. The number of rotatable bonds is 2. The van der Waals surface area contributed by atoms with E-state index in [-0.39, 0.29) is 0 Å². The van der Waals surface area contributed by atoms with Gasteiger partial charge in [-0.2, -0.15) is 0 Å². The van der Waals surface area contributed by atoms with Crippen LogP contribution in [0.1, 0.15) is 13.0 Å². The quantitative estimate of drug-likeness (QED) is 0.783. The molecule has 0 fully saturated rings. The van der Waals surface area contributed by atoms with E-state index in [1.165, 1.54) is 0 Å². The molecule has 4 nitrogen and oxygen atoms in total. The maximum atomic E-state index is 10.8. The van der Waals surface area contributed by atoms with Gasteiger partial charge in [0.25, 0.3) is 0 Å². The van der Waals surface area contributed by atoms with Crippen LogP contribution in [0.4, 0.5) is 0 Å². The zero-order valence-electron chi connectivity index (χ0n) is 7.71. The molecule has 2 rings (SSSR count). The van der Waals surface area contributed by atoms with Crippen LogP contribution in [0, 0.1) is 0 Å². The van der Waals surface area contributed by atoms with E-state index in [1.54, 1.807) is 17.8 Å². The first kappa shape index (κ1) is 8.74. The summed E-state index contributed by atoms with van der Waals surface area (Å²) in [5, 5.41) is 8.86. The van der Waals surface area contributed by atoms with Crippen molar-refractivity contribution < 1.29 is 9.90 Å². The van der Waals surface area contributed by atoms with Gasteiger partial charge in [0, 0.05) is 0 Å². The fraction of sp³-hybridized carbons (Fsp3) is 0.200. The van der Waals surface area contributed by atoms with Crippen molar-refractivity contribution in [1.29, 1.82) is 0 Å². The van der Waals surface area contributed by atoms with Crippen LogP contribution in [0.5, 0.6) is 0 Å². The van der Waals surface area contributed by atoms with Gasteiger partial charge in [0.05, 0.1) is 17.4 Å². The van der Waals surface area contributed by atoms with Gasteiger partial charge >= 0.3 is 5.97 Å². The number of fused-ring (bicyclic) bond motifs is 1. The number of aliphatic carboxylic acids is 1. The fourth-order valence-corrected chi connectivity index (χ4v) is 1.41. The van der Waals surface area contributed by atoms with Crippen molar-refractivity contribution in [3.63, 3.8) is 0 Å². The molecule has 0 saturated carbocycles. The summed E-state index contributed by atoms with van der Waals surface area (Å²) in [5.74, 6) is -0.854. The average Bonchev–Trinajstić information content (AvgIpc) is 2.60. The predicted octanol–water partition coefficient (Wildman–Crippen LogP) is 1.68. The molecule has 4 heteroatoms. The van der Waals surface area contributed by atoms with Gasteiger partial charge in [0.2, 0.25) is 0 Å². The Morgan fingerprint density at radius 1 is 1.50 bits per heavy atom. The SMILES string of the molecule is CC(C(=O)O)n1cnc2ccccc21. The molecule has 0 amide bonds. The number of imidazole rings is 1. The topological polar surface area (TPSA) is 55.1 Å². The van der Waals surface area contributed by atoms with E-state index in [4.69, 9.17) is 5.11 Å². The number of para-hydroxylation sites is 2. The minimum atomic E-state index is -0.854. The predicted molar refractivity (Wildman–Crippen MR) is 52.1 cm³/mol. The van der Waals surface area contributed by atoms with Crippen molar-refractivity contribution in [2.75, 3.05) is 0 Å². The second-order valence-electron chi connectivity index (χ2n) is 3.15. The monoisotopic (exact) mass is 190 g/mol. The molecule has 1 unspecified atom stereocenters. The third kappa shape index (κ3) is 1.25. The van der Waals surface area contributed by atoms with Crippen LogP contribution >= 0.6 is 0 Å². The van der Waals surface area contributed by atoms with Crippen LogP contribution in [-0.2, 0) is 4.79 Å². The first-order valence-electron chi connectivity index (χ1n) is 4.34. The molecule has 1 aromatic heterocycles. The molecule has 2 aromatic rings. The minimum absolute atomic E-state index is 0.581. The zero-order chi connectivity index (χ0) is 10.1. The highest BCUT2D eigenvalue weighted by Crippen LogP contribution is 2.16. The van der Waals surface area contributed by atoms with Gasteiger partial charge < -0.3 is 9.67 Å². The molecular formula is C10H10N2O2. The first-order valence-corrected chi connectivity index (χ1v) is 4.34. The number of benzene rings is 1. The maximum absolute atomic E-state index is 10.8. The zero-order valence-corrected chi connectivity index (χ0v) is 7.71. The third-order valence-corrected chi connectivity index (χ3v) is 2.26. The second kappa shape index (κ2) is 3.14. The van der Waals surface area contributed by atoms with Crippen LogP contribution in [-0.4, -0.2) is 20.6 Å². The lowest BCUT2D eigenvalue weighted by Crippen LogP contribution is -2.14. The fourth-order valence-electron chi connectivity index (χ4n) is 1.41. The van der Waals surface area contributed by atoms with E-state index < -0.39 is 12.0 Å². The summed E-state index contributed by atoms with van der Waals surface area (Å²) >= 11 is 0. The van der Waals surface area contributed by atoms with E-state index in [0.29, 0.717) is 0 Å². The van der Waals surface area contributed by atoms with E-state index >= 15 is 0 Å². The van der Waals surface area contributed by atoms with Crippen molar-refractivity contribution in [2.24, 2.45) is 0 Å². The molecule has 14 heavy (non-hydrogen) atoms. The molecule has 0 aliphatic rings. The maximum Gasteiger partial charge on any atom is 0.326 e. The molecule has 0 spiro atoms. The first-order chi connectivity index (χ1) is 6.70. The van der Waals surface area contributed by atoms with Crippen LogP contribution in [0.15, 0.2) is 30.6 Å². The Labute approximate surface area is 80.8 Å². The molecule has 1 heterocycles. The Hall–Kier alpha value is -1.84. The molecule has 1 aromatic carbocycles. The number of carboxylic acids is 1. The molecule has 0 aliphatic carbocycles. The molecule has 72 valence electrons. The Bertz CT molecular complexity index is 476. The Morgan fingerprint density at radius 2 is 2.21 bits per heavy atom. The van der Waals surface area contributed by atoms with Crippen LogP contribution in [0.2, 0.25) is 0 Å². The highest BCUT2D eigenvalue weighted by molar-refractivity contribution is 5.79. The summed E-state index contributed by atoms with van der Waals surface area (Å²) in [5.41, 5.74) is 1.67. The number of hydrogen-bond acceptors (Lipinski definition) is 2. The average molecular weight is 190 g/mol. The largest absolute Gasteiger partial charge is 0.480 e. The summed E-state index contributed by atoms with van der Waals surface area (Å²) in [7, 11) is 0. The van der Waals surface area contributed by atoms with Gasteiger partial charge in [-0.3, -0.25) is 0 Å². The van der Waals surface area contributed by atoms with Crippen molar-refractivity contribution in [3.8, 4) is 0 Å². The van der Waals surface area contributed by atoms with E-state index in [9.17, 15) is 4.79 Å². The Balaban J connectivity index is 2.58. The third-order valence-electron chi connectivity index (χ3n) is 2.26. The molecule has 1 atom stereocenters. The van der Waals surface area contributed by atoms with Crippen LogP contribution in [0.25, 0.3) is 11.0 Å². The lowest BCUT2D eigenvalue weighted by atomic mass is 10.3. The molecule has 0 aliphatic heterocycles. The Morgan fingerprint density at radius 3 is 2.93 bits per heavy atom. The van der Waals surface area contributed by atoms with Crippen molar-refractivity contribution in [1.82, 2.24) is 9.55 Å². The van der Waals surface area contributed by atoms with E-state index in [2.05, 4.69) is 4.98 Å². The van der Waals surface area contributed by atoms with Crippen molar-refractivity contribution in [3.05, 3.63) is 30.6 Å². The minimum Gasteiger partial charge on any atom is -0.480 e. The normalized spacial score (nSPS) is 12.9. The van der Waals surface area contributed by atoms with Gasteiger partial charge in [-0.1, -0.05) is 12.1 Å². The molecule has 0 bridgehead atoms. The lowest BCUT2D eigenvalue weighted by Gasteiger charge is -2.08. The summed E-state index contributed by atoms with van der Waals surface area (Å²) in [4.78, 5) is 14.9. The molecule has 1 N–H and O–H groups in total. The number of aromatic nitrogens is 2. The van der Waals surface area contributed by atoms with Gasteiger partial charge in [0.15, 0.2) is 0 Å². The second-order valence-corrected chi connectivity index (χ2v) is 3.15. The van der Waals surface area contributed by atoms with Crippen LogP contribution in [0.3, 0.4) is 0 Å². The van der Waals surface area contributed by atoms with Crippen molar-refractivity contribution >= 4 is 17.0 Å². The summed E-state index contributed by atoms with van der Waals surface area (Å²) in [6, 6.07) is 6.89. The molecule has 0 radical (unpaired) electrons. The van der Waals surface area contributed by atoms with Gasteiger partial charge in [0.1, 0.15) is 6.04 Å². The smallest absolute Gasteiger partial charge is 0.326 e.